The molecule has 1 atom stereocenters. The van der Waals surface area contributed by atoms with Gasteiger partial charge in [-0.1, -0.05) is 24.8 Å². The molecule has 0 spiro atoms. The minimum Gasteiger partial charge on any atom is -0.342 e. The fourth-order valence-electron chi connectivity index (χ4n) is 3.14. The topological polar surface area (TPSA) is 63.9 Å². The first-order chi connectivity index (χ1) is 11.5. The highest BCUT2D eigenvalue weighted by molar-refractivity contribution is 7.99. The van der Waals surface area contributed by atoms with Crippen LogP contribution in [0, 0.1) is 19.8 Å². The molecule has 7 heteroatoms. The van der Waals surface area contributed by atoms with Crippen molar-refractivity contribution in [3.63, 3.8) is 0 Å². The lowest BCUT2D eigenvalue weighted by molar-refractivity contribution is -0.130. The Kier molecular flexibility index (Phi) is 5.18. The minimum absolute atomic E-state index is 0.168. The van der Waals surface area contributed by atoms with Crippen LogP contribution in [0.4, 0.5) is 0 Å². The van der Waals surface area contributed by atoms with Gasteiger partial charge in [0.25, 0.3) is 0 Å². The van der Waals surface area contributed by atoms with Crippen molar-refractivity contribution in [3.05, 3.63) is 29.3 Å². The number of tetrazole rings is 1. The SMILES string of the molecule is Cc1cc(C)cc(-n2nnnc2SCC(=O)N2CCC[C@@H](C)C2)c1. The van der Waals surface area contributed by atoms with Crippen molar-refractivity contribution in [2.75, 3.05) is 18.8 Å². The monoisotopic (exact) mass is 345 g/mol. The van der Waals surface area contributed by atoms with Gasteiger partial charge in [-0.3, -0.25) is 4.79 Å². The number of hydrogen-bond acceptors (Lipinski definition) is 5. The molecular formula is C17H23N5OS. The fraction of sp³-hybridized carbons (Fsp3) is 0.529. The van der Waals surface area contributed by atoms with Gasteiger partial charge < -0.3 is 4.90 Å². The van der Waals surface area contributed by atoms with Crippen molar-refractivity contribution in [2.45, 2.75) is 38.8 Å². The number of hydrogen-bond donors (Lipinski definition) is 0. The van der Waals surface area contributed by atoms with E-state index in [1.54, 1.807) is 4.68 Å². The standard InChI is InChI=1S/C17H23N5OS/c1-12-5-4-6-21(10-12)16(23)11-24-17-18-19-20-22(17)15-8-13(2)7-14(3)9-15/h7-9,12H,4-6,10-11H2,1-3H3/t12-/m1/s1. The first-order valence-electron chi connectivity index (χ1n) is 8.30. The van der Waals surface area contributed by atoms with Gasteiger partial charge in [0.05, 0.1) is 11.4 Å². The van der Waals surface area contributed by atoms with E-state index < -0.39 is 0 Å². The molecule has 1 aliphatic rings. The van der Waals surface area contributed by atoms with Crippen LogP contribution in [-0.2, 0) is 4.79 Å². The van der Waals surface area contributed by atoms with E-state index in [0.29, 0.717) is 16.8 Å². The van der Waals surface area contributed by atoms with Gasteiger partial charge in [-0.05, 0) is 66.3 Å². The molecule has 0 unspecified atom stereocenters. The Hall–Kier alpha value is -1.89. The summed E-state index contributed by atoms with van der Waals surface area (Å²) in [5.74, 6) is 1.13. The average molecular weight is 345 g/mol. The predicted molar refractivity (Wildman–Crippen MR) is 94.3 cm³/mol. The highest BCUT2D eigenvalue weighted by Crippen LogP contribution is 2.22. The molecule has 6 nitrogen and oxygen atoms in total. The summed E-state index contributed by atoms with van der Waals surface area (Å²) in [6.07, 6.45) is 2.31. The molecule has 2 aromatic rings. The molecule has 0 saturated carbocycles. The Bertz CT molecular complexity index is 709. The zero-order valence-corrected chi connectivity index (χ0v) is 15.2. The van der Waals surface area contributed by atoms with E-state index >= 15 is 0 Å². The van der Waals surface area contributed by atoms with Gasteiger partial charge in [-0.2, -0.15) is 4.68 Å². The second-order valence-electron chi connectivity index (χ2n) is 6.60. The maximum atomic E-state index is 12.4. The first kappa shape index (κ1) is 17.0. The lowest BCUT2D eigenvalue weighted by Crippen LogP contribution is -2.40. The van der Waals surface area contributed by atoms with Crippen LogP contribution >= 0.6 is 11.8 Å². The zero-order valence-electron chi connectivity index (χ0n) is 14.4. The molecule has 2 heterocycles. The number of benzene rings is 1. The summed E-state index contributed by atoms with van der Waals surface area (Å²) in [7, 11) is 0. The van der Waals surface area contributed by atoms with E-state index in [2.05, 4.69) is 42.4 Å². The Morgan fingerprint density at radius 2 is 2.04 bits per heavy atom. The summed E-state index contributed by atoms with van der Waals surface area (Å²) in [5.41, 5.74) is 3.25. The normalized spacial score (nSPS) is 18.0. The molecule has 0 aliphatic carbocycles. The Labute approximate surface area is 146 Å². The number of thioether (sulfide) groups is 1. The molecule has 0 radical (unpaired) electrons. The second kappa shape index (κ2) is 7.34. The second-order valence-corrected chi connectivity index (χ2v) is 7.54. The highest BCUT2D eigenvalue weighted by Gasteiger charge is 2.21. The largest absolute Gasteiger partial charge is 0.342 e. The van der Waals surface area contributed by atoms with Crippen LogP contribution in [0.25, 0.3) is 5.69 Å². The maximum absolute atomic E-state index is 12.4. The summed E-state index contributed by atoms with van der Waals surface area (Å²) in [6, 6.07) is 6.20. The van der Waals surface area contributed by atoms with Crippen molar-refractivity contribution in [2.24, 2.45) is 5.92 Å². The maximum Gasteiger partial charge on any atom is 0.233 e. The van der Waals surface area contributed by atoms with Gasteiger partial charge in [0.2, 0.25) is 11.1 Å². The number of rotatable bonds is 4. The predicted octanol–water partition coefficient (Wildman–Crippen LogP) is 2.63. The Balaban J connectivity index is 1.68. The van der Waals surface area contributed by atoms with E-state index in [4.69, 9.17) is 0 Å². The van der Waals surface area contributed by atoms with E-state index in [-0.39, 0.29) is 5.91 Å². The van der Waals surface area contributed by atoms with Crippen LogP contribution in [0.1, 0.15) is 30.9 Å². The Morgan fingerprint density at radius 1 is 1.29 bits per heavy atom. The number of aromatic nitrogens is 4. The van der Waals surface area contributed by atoms with Crippen molar-refractivity contribution >= 4 is 17.7 Å². The van der Waals surface area contributed by atoms with E-state index in [0.717, 1.165) is 36.3 Å². The van der Waals surface area contributed by atoms with Crippen LogP contribution in [-0.4, -0.2) is 49.9 Å². The first-order valence-corrected chi connectivity index (χ1v) is 9.29. The number of likely N-dealkylation sites (tertiary alicyclic amines) is 1. The molecule has 128 valence electrons. The summed E-state index contributed by atoms with van der Waals surface area (Å²) in [4.78, 5) is 14.4. The van der Waals surface area contributed by atoms with Gasteiger partial charge in [0.1, 0.15) is 0 Å². The van der Waals surface area contributed by atoms with E-state index in [9.17, 15) is 4.79 Å². The number of nitrogens with zero attached hydrogens (tertiary/aromatic N) is 5. The van der Waals surface area contributed by atoms with E-state index in [1.165, 1.54) is 18.2 Å². The average Bonchev–Trinajstić information content (AvgIpc) is 3.00. The summed E-state index contributed by atoms with van der Waals surface area (Å²) < 4.78 is 1.71. The van der Waals surface area contributed by atoms with Gasteiger partial charge in [0, 0.05) is 13.1 Å². The fourth-order valence-corrected chi connectivity index (χ4v) is 3.93. The molecule has 1 aromatic heterocycles. The highest BCUT2D eigenvalue weighted by atomic mass is 32.2. The third-order valence-electron chi connectivity index (χ3n) is 4.23. The van der Waals surface area contributed by atoms with Crippen LogP contribution in [0.3, 0.4) is 0 Å². The van der Waals surface area contributed by atoms with Crippen molar-refractivity contribution in [1.29, 1.82) is 0 Å². The molecule has 1 saturated heterocycles. The van der Waals surface area contributed by atoms with Gasteiger partial charge in [-0.15, -0.1) is 5.10 Å². The number of aryl methyl sites for hydroxylation is 2. The molecular weight excluding hydrogens is 322 g/mol. The van der Waals surface area contributed by atoms with Gasteiger partial charge >= 0.3 is 0 Å². The molecule has 1 aromatic carbocycles. The van der Waals surface area contributed by atoms with Crippen LogP contribution in [0.15, 0.2) is 23.4 Å². The quantitative estimate of drug-likeness (QED) is 0.797. The van der Waals surface area contributed by atoms with E-state index in [1.807, 2.05) is 17.0 Å². The molecule has 0 bridgehead atoms. The van der Waals surface area contributed by atoms with Crippen LogP contribution < -0.4 is 0 Å². The summed E-state index contributed by atoms with van der Waals surface area (Å²) >= 11 is 1.40. The summed E-state index contributed by atoms with van der Waals surface area (Å²) in [6.45, 7) is 8.03. The molecule has 24 heavy (non-hydrogen) atoms. The van der Waals surface area contributed by atoms with Crippen molar-refractivity contribution < 1.29 is 4.79 Å². The molecule has 3 rings (SSSR count). The third-order valence-corrected chi connectivity index (χ3v) is 5.13. The molecule has 0 N–H and O–H groups in total. The van der Waals surface area contributed by atoms with Crippen LogP contribution in [0.5, 0.6) is 0 Å². The molecule has 1 aliphatic heterocycles. The molecule has 1 fully saturated rings. The van der Waals surface area contributed by atoms with Crippen molar-refractivity contribution in [1.82, 2.24) is 25.1 Å². The Morgan fingerprint density at radius 3 is 2.75 bits per heavy atom. The number of piperidine rings is 1. The third kappa shape index (κ3) is 3.95. The number of carbonyl (C=O) groups is 1. The zero-order chi connectivity index (χ0) is 17.1. The summed E-state index contributed by atoms with van der Waals surface area (Å²) in [5, 5.41) is 12.6. The smallest absolute Gasteiger partial charge is 0.233 e. The number of carbonyl (C=O) groups excluding carboxylic acids is 1. The van der Waals surface area contributed by atoms with Crippen LogP contribution in [0.2, 0.25) is 0 Å². The minimum atomic E-state index is 0.168. The van der Waals surface area contributed by atoms with Crippen molar-refractivity contribution in [3.8, 4) is 5.69 Å². The number of amides is 1. The lowest BCUT2D eigenvalue weighted by atomic mass is 10.0. The lowest BCUT2D eigenvalue weighted by Gasteiger charge is -2.30. The van der Waals surface area contributed by atoms with Gasteiger partial charge in [-0.25, -0.2) is 0 Å². The van der Waals surface area contributed by atoms with Gasteiger partial charge in [0.15, 0.2) is 0 Å². The molecule has 1 amide bonds.